The van der Waals surface area contributed by atoms with Crippen LogP contribution in [-0.2, 0) is 12.1 Å². The lowest BCUT2D eigenvalue weighted by molar-refractivity contribution is -0.0873. The van der Waals surface area contributed by atoms with Gasteiger partial charge >= 0.3 is 0 Å². The molecule has 2 atom stereocenters. The second-order valence-corrected chi connectivity index (χ2v) is 4.17. The number of benzene rings is 1. The van der Waals surface area contributed by atoms with Gasteiger partial charge < -0.3 is 10.2 Å². The Kier molecular flexibility index (Phi) is 3.40. The molecule has 18 heavy (non-hydrogen) atoms. The highest BCUT2D eigenvalue weighted by atomic mass is 19.1. The maximum Gasteiger partial charge on any atom is 0.137 e. The van der Waals surface area contributed by atoms with E-state index in [-0.39, 0.29) is 12.1 Å². The van der Waals surface area contributed by atoms with Gasteiger partial charge in [-0.2, -0.15) is 5.10 Å². The van der Waals surface area contributed by atoms with Crippen molar-refractivity contribution in [2.45, 2.75) is 25.2 Å². The van der Waals surface area contributed by atoms with Gasteiger partial charge in [0.05, 0.1) is 12.6 Å². The third kappa shape index (κ3) is 2.25. The zero-order valence-electron chi connectivity index (χ0n) is 9.86. The van der Waals surface area contributed by atoms with Crippen molar-refractivity contribution in [3.63, 3.8) is 0 Å². The highest BCUT2D eigenvalue weighted by Crippen LogP contribution is 2.29. The fourth-order valence-corrected chi connectivity index (χ4v) is 1.82. The summed E-state index contributed by atoms with van der Waals surface area (Å²) < 4.78 is 15.1. The molecule has 6 heteroatoms. The Bertz CT molecular complexity index is 516. The van der Waals surface area contributed by atoms with E-state index in [4.69, 9.17) is 0 Å². The SMILES string of the molecule is C[C@@H](O)[C@@](O)(Cn1cncn1)c1ccccc1F. The molecule has 1 heterocycles. The number of hydrogen-bond acceptors (Lipinski definition) is 4. The van der Waals surface area contributed by atoms with Crippen molar-refractivity contribution >= 4 is 0 Å². The van der Waals surface area contributed by atoms with E-state index in [9.17, 15) is 14.6 Å². The topological polar surface area (TPSA) is 71.2 Å². The van der Waals surface area contributed by atoms with E-state index in [2.05, 4.69) is 10.1 Å². The molecule has 0 fully saturated rings. The predicted octanol–water partition coefficient (Wildman–Crippen LogP) is 0.686. The van der Waals surface area contributed by atoms with Crippen LogP contribution in [0.25, 0.3) is 0 Å². The van der Waals surface area contributed by atoms with Crippen LogP contribution in [0.5, 0.6) is 0 Å². The minimum absolute atomic E-state index is 0.0375. The molecule has 0 unspecified atom stereocenters. The first-order valence-corrected chi connectivity index (χ1v) is 5.52. The number of aliphatic hydroxyl groups is 2. The first-order chi connectivity index (χ1) is 8.54. The fraction of sp³-hybridized carbons (Fsp3) is 0.333. The maximum atomic E-state index is 13.8. The Morgan fingerprint density at radius 3 is 2.72 bits per heavy atom. The highest BCUT2D eigenvalue weighted by Gasteiger charge is 2.37. The smallest absolute Gasteiger partial charge is 0.137 e. The van der Waals surface area contributed by atoms with Gasteiger partial charge in [0.2, 0.25) is 0 Å². The van der Waals surface area contributed by atoms with E-state index in [0.29, 0.717) is 0 Å². The van der Waals surface area contributed by atoms with Gasteiger partial charge in [-0.1, -0.05) is 18.2 Å². The van der Waals surface area contributed by atoms with E-state index in [1.54, 1.807) is 6.07 Å². The molecule has 0 bridgehead atoms. The third-order valence-electron chi connectivity index (χ3n) is 2.90. The molecule has 2 N–H and O–H groups in total. The molecular weight excluding hydrogens is 237 g/mol. The molecule has 0 saturated carbocycles. The van der Waals surface area contributed by atoms with Crippen LogP contribution < -0.4 is 0 Å². The number of aromatic nitrogens is 3. The zero-order chi connectivity index (χ0) is 13.2. The van der Waals surface area contributed by atoms with Crippen LogP contribution in [0.4, 0.5) is 4.39 Å². The average molecular weight is 251 g/mol. The summed E-state index contributed by atoms with van der Waals surface area (Å²) in [6.45, 7) is 1.33. The van der Waals surface area contributed by atoms with Crippen molar-refractivity contribution in [1.29, 1.82) is 0 Å². The lowest BCUT2D eigenvalue weighted by Gasteiger charge is -2.31. The second-order valence-electron chi connectivity index (χ2n) is 4.17. The van der Waals surface area contributed by atoms with Crippen LogP contribution >= 0.6 is 0 Å². The largest absolute Gasteiger partial charge is 0.390 e. The first kappa shape index (κ1) is 12.7. The van der Waals surface area contributed by atoms with Gasteiger partial charge in [-0.25, -0.2) is 14.1 Å². The summed E-state index contributed by atoms with van der Waals surface area (Å²) in [6.07, 6.45) is 1.55. The summed E-state index contributed by atoms with van der Waals surface area (Å²) in [4.78, 5) is 3.75. The van der Waals surface area contributed by atoms with Crippen molar-refractivity contribution < 1.29 is 14.6 Å². The average Bonchev–Trinajstić information content (AvgIpc) is 2.81. The van der Waals surface area contributed by atoms with Crippen molar-refractivity contribution in [2.24, 2.45) is 0 Å². The van der Waals surface area contributed by atoms with Gasteiger partial charge in [0, 0.05) is 5.56 Å². The molecule has 0 aliphatic rings. The highest BCUT2D eigenvalue weighted by molar-refractivity contribution is 5.25. The zero-order valence-corrected chi connectivity index (χ0v) is 9.86. The van der Waals surface area contributed by atoms with Gasteiger partial charge in [-0.05, 0) is 13.0 Å². The quantitative estimate of drug-likeness (QED) is 0.838. The molecule has 0 aliphatic carbocycles. The van der Waals surface area contributed by atoms with Gasteiger partial charge in [0.15, 0.2) is 0 Å². The number of nitrogens with zero attached hydrogens (tertiary/aromatic N) is 3. The van der Waals surface area contributed by atoms with Gasteiger partial charge in [-0.15, -0.1) is 0 Å². The van der Waals surface area contributed by atoms with Crippen LogP contribution in [-0.4, -0.2) is 31.1 Å². The molecule has 2 rings (SSSR count). The molecule has 96 valence electrons. The number of rotatable bonds is 4. The first-order valence-electron chi connectivity index (χ1n) is 5.52. The molecule has 0 aliphatic heterocycles. The molecular formula is C12H14FN3O2. The maximum absolute atomic E-state index is 13.8. The van der Waals surface area contributed by atoms with Crippen molar-refractivity contribution in [3.8, 4) is 0 Å². The molecule has 5 nitrogen and oxygen atoms in total. The lowest BCUT2D eigenvalue weighted by atomic mass is 9.88. The van der Waals surface area contributed by atoms with Gasteiger partial charge in [-0.3, -0.25) is 0 Å². The summed E-state index contributed by atoms with van der Waals surface area (Å²) in [7, 11) is 0. The monoisotopic (exact) mass is 251 g/mol. The molecule has 1 aromatic heterocycles. The minimum atomic E-state index is -1.75. The normalized spacial score (nSPS) is 16.2. The fourth-order valence-electron chi connectivity index (χ4n) is 1.82. The van der Waals surface area contributed by atoms with E-state index in [1.165, 1.54) is 42.5 Å². The third-order valence-corrected chi connectivity index (χ3v) is 2.90. The predicted molar refractivity (Wildman–Crippen MR) is 62.0 cm³/mol. The van der Waals surface area contributed by atoms with Crippen molar-refractivity contribution in [3.05, 3.63) is 48.3 Å². The number of halogens is 1. The Labute approximate surface area is 104 Å². The molecule has 0 saturated heterocycles. The lowest BCUT2D eigenvalue weighted by Crippen LogP contribution is -2.42. The van der Waals surface area contributed by atoms with E-state index in [0.717, 1.165) is 0 Å². The Morgan fingerprint density at radius 2 is 2.17 bits per heavy atom. The summed E-state index contributed by atoms with van der Waals surface area (Å²) in [5, 5.41) is 24.2. The van der Waals surface area contributed by atoms with Crippen LogP contribution in [0.1, 0.15) is 12.5 Å². The second kappa shape index (κ2) is 4.83. The number of aliphatic hydroxyl groups excluding tert-OH is 1. The summed E-state index contributed by atoms with van der Waals surface area (Å²) in [5.74, 6) is -0.569. The Morgan fingerprint density at radius 1 is 1.44 bits per heavy atom. The molecule has 2 aromatic rings. The van der Waals surface area contributed by atoms with Crippen LogP contribution in [0.2, 0.25) is 0 Å². The van der Waals surface area contributed by atoms with E-state index < -0.39 is 17.5 Å². The van der Waals surface area contributed by atoms with Crippen molar-refractivity contribution in [2.75, 3.05) is 0 Å². The summed E-state index contributed by atoms with van der Waals surface area (Å²) in [5.41, 5.74) is -1.71. The summed E-state index contributed by atoms with van der Waals surface area (Å²) in [6, 6.07) is 5.81. The van der Waals surface area contributed by atoms with Gasteiger partial charge in [0.25, 0.3) is 0 Å². The van der Waals surface area contributed by atoms with Crippen LogP contribution in [0.3, 0.4) is 0 Å². The van der Waals surface area contributed by atoms with Crippen LogP contribution in [0, 0.1) is 5.82 Å². The molecule has 0 spiro atoms. The Balaban J connectivity index is 2.41. The Hall–Kier alpha value is -1.79. The number of hydrogen-bond donors (Lipinski definition) is 2. The van der Waals surface area contributed by atoms with Crippen LogP contribution in [0.15, 0.2) is 36.9 Å². The minimum Gasteiger partial charge on any atom is -0.390 e. The molecule has 1 aromatic carbocycles. The van der Waals surface area contributed by atoms with E-state index >= 15 is 0 Å². The van der Waals surface area contributed by atoms with Crippen molar-refractivity contribution in [1.82, 2.24) is 14.8 Å². The van der Waals surface area contributed by atoms with Gasteiger partial charge in [0.1, 0.15) is 24.1 Å². The molecule has 0 radical (unpaired) electrons. The molecule has 0 amide bonds. The summed E-state index contributed by atoms with van der Waals surface area (Å²) >= 11 is 0. The standard InChI is InChI=1S/C12H14FN3O2/c1-9(17)12(18,6-16-8-14-7-15-16)10-4-2-3-5-11(10)13/h2-5,7-9,17-18H,6H2,1H3/t9-,12+/m1/s1. The van der Waals surface area contributed by atoms with E-state index in [1.807, 2.05) is 0 Å².